The SMILES string of the molecule is CCCNC(=O)c1cccc(OCC(N)OCCOCC(=O)CC#C/C(=C/N(C(C)=O)[C@H]2C[C@@H](OCN)C(COP(=O)(O)OP(=O)(O)O[PH](=O)O)O2)C(C)=O)c1. The number of phosphoric ester groups is 1. The van der Waals surface area contributed by atoms with Gasteiger partial charge in [0.2, 0.25) is 5.91 Å². The highest BCUT2D eigenvalue weighted by molar-refractivity contribution is 7.64. The molecule has 2 amide bonds. The smallest absolute Gasteiger partial charge is 0.488 e. The summed E-state index contributed by atoms with van der Waals surface area (Å²) in [6, 6.07) is 6.60. The summed E-state index contributed by atoms with van der Waals surface area (Å²) in [6.07, 6.45) is -2.71. The molecule has 314 valence electrons. The maximum atomic E-state index is 12.6. The predicted octanol–water partition coefficient (Wildman–Crippen LogP) is 0.856. The highest BCUT2D eigenvalue weighted by atomic mass is 31.3. The zero-order valence-corrected chi connectivity index (χ0v) is 33.5. The van der Waals surface area contributed by atoms with E-state index in [1.54, 1.807) is 24.3 Å². The third-order valence-corrected chi connectivity index (χ3v) is 10.7. The largest absolute Gasteiger partial charge is 0.489 e. The fourth-order valence-electron chi connectivity index (χ4n) is 4.51. The number of nitrogens with two attached hydrogens (primary N) is 2. The van der Waals surface area contributed by atoms with Crippen LogP contribution in [0.5, 0.6) is 5.75 Å². The first-order valence-electron chi connectivity index (χ1n) is 16.8. The third kappa shape index (κ3) is 18.8. The Hall–Kier alpha value is -3.19. The average Bonchev–Trinajstić information content (AvgIpc) is 3.51. The first-order valence-corrected chi connectivity index (χ1v) is 21.0. The van der Waals surface area contributed by atoms with Gasteiger partial charge in [-0.25, -0.2) is 13.4 Å². The van der Waals surface area contributed by atoms with E-state index in [0.29, 0.717) is 17.9 Å². The fraction of sp³-hybridized carbons (Fsp3) is 0.548. The second-order valence-corrected chi connectivity index (χ2v) is 15.6. The summed E-state index contributed by atoms with van der Waals surface area (Å²) in [7, 11) is -14.9. The number of hydrogen-bond donors (Lipinski definition) is 6. The Morgan fingerprint density at radius 2 is 1.91 bits per heavy atom. The van der Waals surface area contributed by atoms with Gasteiger partial charge in [0.1, 0.15) is 37.5 Å². The van der Waals surface area contributed by atoms with Crippen LogP contribution in [0.25, 0.3) is 0 Å². The van der Waals surface area contributed by atoms with E-state index in [2.05, 4.69) is 30.3 Å². The van der Waals surface area contributed by atoms with Gasteiger partial charge in [0, 0.05) is 31.7 Å². The minimum atomic E-state index is -5.47. The zero-order valence-electron chi connectivity index (χ0n) is 30.7. The number of amides is 2. The third-order valence-electron chi connectivity index (χ3n) is 6.99. The summed E-state index contributed by atoms with van der Waals surface area (Å²) < 4.78 is 74.3. The summed E-state index contributed by atoms with van der Waals surface area (Å²) in [6.45, 7) is 3.34. The van der Waals surface area contributed by atoms with Crippen molar-refractivity contribution < 1.29 is 84.4 Å². The van der Waals surface area contributed by atoms with E-state index in [0.717, 1.165) is 24.4 Å². The van der Waals surface area contributed by atoms with Crippen LogP contribution in [0.1, 0.15) is 50.4 Å². The van der Waals surface area contributed by atoms with Crippen LogP contribution in [0.2, 0.25) is 0 Å². The molecule has 22 nitrogen and oxygen atoms in total. The molecule has 1 aromatic rings. The number of allylic oxidation sites excluding steroid dienone is 1. The van der Waals surface area contributed by atoms with Crippen molar-refractivity contribution in [1.29, 1.82) is 0 Å². The summed E-state index contributed by atoms with van der Waals surface area (Å²) in [5.41, 5.74) is 11.6. The van der Waals surface area contributed by atoms with Crippen LogP contribution in [0.3, 0.4) is 0 Å². The number of nitrogens with one attached hydrogen (secondary N) is 1. The van der Waals surface area contributed by atoms with Crippen molar-refractivity contribution >= 4 is 47.3 Å². The molecule has 0 spiro atoms. The second kappa shape index (κ2) is 24.6. The van der Waals surface area contributed by atoms with Crippen molar-refractivity contribution in [3.05, 3.63) is 41.6 Å². The number of Topliss-reactive ketones (excluding diaryl/α,β-unsaturated/α-hetero) is 2. The van der Waals surface area contributed by atoms with Crippen molar-refractivity contribution in [1.82, 2.24) is 10.2 Å². The average molecular weight is 857 g/mol. The van der Waals surface area contributed by atoms with Gasteiger partial charge < -0.3 is 55.1 Å². The van der Waals surface area contributed by atoms with E-state index < -0.39 is 72.6 Å². The quantitative estimate of drug-likeness (QED) is 0.0261. The fourth-order valence-corrected chi connectivity index (χ4v) is 7.30. The number of carbonyl (C=O) groups is 4. The maximum Gasteiger partial charge on any atom is 0.488 e. The van der Waals surface area contributed by atoms with Crippen molar-refractivity contribution in [2.45, 2.75) is 64.7 Å². The van der Waals surface area contributed by atoms with Crippen molar-refractivity contribution in [3.63, 3.8) is 0 Å². The van der Waals surface area contributed by atoms with Gasteiger partial charge in [-0.2, -0.15) is 4.31 Å². The minimum absolute atomic E-state index is 0.0144. The second-order valence-electron chi connectivity index (χ2n) is 11.5. The van der Waals surface area contributed by atoms with E-state index >= 15 is 0 Å². The van der Waals surface area contributed by atoms with Gasteiger partial charge in [0.15, 0.2) is 11.6 Å². The predicted molar refractivity (Wildman–Crippen MR) is 194 cm³/mol. The lowest BCUT2D eigenvalue weighted by molar-refractivity contribution is -0.139. The number of phosphoric acid groups is 2. The van der Waals surface area contributed by atoms with Crippen LogP contribution >= 0.6 is 23.9 Å². The molecule has 0 bridgehead atoms. The molecule has 1 fully saturated rings. The van der Waals surface area contributed by atoms with Crippen molar-refractivity contribution in [2.75, 3.05) is 46.3 Å². The normalized spacial score (nSPS) is 20.1. The maximum absolute atomic E-state index is 12.6. The molecule has 0 radical (unpaired) electrons. The van der Waals surface area contributed by atoms with E-state index in [1.165, 1.54) is 6.92 Å². The Morgan fingerprint density at radius 1 is 1.18 bits per heavy atom. The number of ether oxygens (including phenoxy) is 5. The molecule has 2 rings (SSSR count). The summed E-state index contributed by atoms with van der Waals surface area (Å²) in [4.78, 5) is 78.3. The number of nitrogens with zero attached hydrogens (tertiary/aromatic N) is 1. The summed E-state index contributed by atoms with van der Waals surface area (Å²) >= 11 is 0. The Kier molecular flexibility index (Phi) is 21.5. The van der Waals surface area contributed by atoms with E-state index in [4.69, 9.17) is 40.0 Å². The molecule has 5 unspecified atom stereocenters. The number of benzene rings is 1. The molecule has 1 heterocycles. The molecule has 25 heteroatoms. The molecule has 0 saturated carbocycles. The highest BCUT2D eigenvalue weighted by Crippen LogP contribution is 2.63. The van der Waals surface area contributed by atoms with Crippen LogP contribution in [0, 0.1) is 11.8 Å². The molecular weight excluding hydrogens is 809 g/mol. The Labute approximate surface area is 323 Å². The van der Waals surface area contributed by atoms with Gasteiger partial charge >= 0.3 is 23.9 Å². The molecule has 0 aliphatic carbocycles. The van der Waals surface area contributed by atoms with Gasteiger partial charge in [-0.1, -0.05) is 24.8 Å². The van der Waals surface area contributed by atoms with Crippen LogP contribution < -0.4 is 21.5 Å². The highest BCUT2D eigenvalue weighted by Gasteiger charge is 2.43. The number of ketones is 2. The lowest BCUT2D eigenvalue weighted by atomic mass is 10.1. The van der Waals surface area contributed by atoms with Gasteiger partial charge in [-0.05, 0) is 31.5 Å². The zero-order chi connectivity index (χ0) is 41.9. The van der Waals surface area contributed by atoms with Crippen LogP contribution in [-0.4, -0.2) is 114 Å². The molecule has 1 aliphatic rings. The van der Waals surface area contributed by atoms with Crippen LogP contribution in [-0.2, 0) is 60.2 Å². The Bertz CT molecular complexity index is 1720. The van der Waals surface area contributed by atoms with Gasteiger partial charge in [-0.15, -0.1) is 0 Å². The summed E-state index contributed by atoms with van der Waals surface area (Å²) in [5, 5.41) is 2.78. The Balaban J connectivity index is 1.89. The molecule has 7 atom stereocenters. The molecule has 1 saturated heterocycles. The van der Waals surface area contributed by atoms with Crippen molar-refractivity contribution in [2.24, 2.45) is 11.5 Å². The lowest BCUT2D eigenvalue weighted by Crippen LogP contribution is -2.35. The minimum Gasteiger partial charge on any atom is -0.489 e. The van der Waals surface area contributed by atoms with Gasteiger partial charge in [0.05, 0.1) is 44.6 Å². The standard InChI is InChI=1S/C31H47N4O18P3/c1-4-11-34-31(39)23-7-6-10-26(14-23)48-19-29(33)47-13-12-46-17-25(38)9-5-8-24(21(2)36)16-35(22(3)37)30-15-27(49-20-32)28(51-30)18-50-55(42,43)53-56(44,45)52-54(40)41/h6-7,10,14,16,27-30,54H,4,9,11-13,15,17-20,32-33H2,1-3H3,(H,34,39)(H,40,41)(H,42,43)(H,44,45)/b24-16-/t27-,28?,29?,30-/m1/s1. The number of hydrogen-bond acceptors (Lipinski definition) is 17. The van der Waals surface area contributed by atoms with E-state index in [9.17, 15) is 42.7 Å². The molecule has 56 heavy (non-hydrogen) atoms. The van der Waals surface area contributed by atoms with Crippen LogP contribution in [0.4, 0.5) is 0 Å². The topological polar surface area (TPSA) is 321 Å². The monoisotopic (exact) mass is 856 g/mol. The molecular formula is C31H47N4O18P3. The molecule has 1 aliphatic heterocycles. The van der Waals surface area contributed by atoms with Crippen molar-refractivity contribution in [3.8, 4) is 17.6 Å². The Morgan fingerprint density at radius 3 is 2.55 bits per heavy atom. The van der Waals surface area contributed by atoms with E-state index in [-0.39, 0.29) is 57.5 Å². The molecule has 8 N–H and O–H groups in total. The summed E-state index contributed by atoms with van der Waals surface area (Å²) in [5.74, 6) is 3.69. The van der Waals surface area contributed by atoms with Gasteiger partial charge in [0.25, 0.3) is 5.91 Å². The first-order chi connectivity index (χ1) is 26.4. The number of rotatable bonds is 25. The van der Waals surface area contributed by atoms with Crippen LogP contribution in [0.15, 0.2) is 36.0 Å². The molecule has 1 aromatic carbocycles. The van der Waals surface area contributed by atoms with Gasteiger partial charge in [-0.3, -0.25) is 33.2 Å². The van der Waals surface area contributed by atoms with E-state index in [1.807, 2.05) is 6.92 Å². The molecule has 0 aromatic heterocycles. The number of carbonyl (C=O) groups excluding carboxylic acids is 4. The first kappa shape index (κ1) is 49.0. The lowest BCUT2D eigenvalue weighted by Gasteiger charge is -2.24.